The zero-order valence-corrected chi connectivity index (χ0v) is 10.2. The van der Waals surface area contributed by atoms with E-state index in [1.54, 1.807) is 7.11 Å². The monoisotopic (exact) mass is 252 g/mol. The summed E-state index contributed by atoms with van der Waals surface area (Å²) >= 11 is 0. The summed E-state index contributed by atoms with van der Waals surface area (Å²) in [5.74, 6) is -0.0653. The molecule has 0 spiro atoms. The van der Waals surface area contributed by atoms with Gasteiger partial charge < -0.3 is 19.3 Å². The van der Waals surface area contributed by atoms with Gasteiger partial charge in [0.2, 0.25) is 0 Å². The van der Waals surface area contributed by atoms with Gasteiger partial charge >= 0.3 is 5.97 Å². The van der Waals surface area contributed by atoms with Gasteiger partial charge in [-0.15, -0.1) is 0 Å². The van der Waals surface area contributed by atoms with Crippen molar-refractivity contribution in [1.82, 2.24) is 0 Å². The van der Waals surface area contributed by atoms with Crippen molar-refractivity contribution in [2.24, 2.45) is 0 Å². The van der Waals surface area contributed by atoms with Crippen molar-refractivity contribution >= 4 is 5.97 Å². The molecule has 1 heterocycles. The van der Waals surface area contributed by atoms with Gasteiger partial charge in [0.1, 0.15) is 5.75 Å². The zero-order valence-electron chi connectivity index (χ0n) is 10.2. The molecule has 98 valence electrons. The normalized spacial score (nSPS) is 22.9. The van der Waals surface area contributed by atoms with Gasteiger partial charge in [-0.1, -0.05) is 12.1 Å². The molecule has 0 bridgehead atoms. The van der Waals surface area contributed by atoms with E-state index in [9.17, 15) is 4.79 Å². The second kappa shape index (κ2) is 5.84. The minimum absolute atomic E-state index is 0.0148. The van der Waals surface area contributed by atoms with E-state index in [1.165, 1.54) is 0 Å². The van der Waals surface area contributed by atoms with Gasteiger partial charge in [-0.25, -0.2) is 0 Å². The molecule has 0 aliphatic carbocycles. The van der Waals surface area contributed by atoms with Gasteiger partial charge in [0.25, 0.3) is 0 Å². The van der Waals surface area contributed by atoms with E-state index in [0.717, 1.165) is 11.3 Å². The van der Waals surface area contributed by atoms with Crippen LogP contribution in [0, 0.1) is 0 Å². The van der Waals surface area contributed by atoms with E-state index in [0.29, 0.717) is 13.0 Å². The van der Waals surface area contributed by atoms with Gasteiger partial charge in [0.15, 0.2) is 6.29 Å². The number of carbonyl (C=O) groups is 1. The minimum Gasteiger partial charge on any atom is -0.497 e. The molecular formula is C13H16O5. The van der Waals surface area contributed by atoms with Crippen molar-refractivity contribution in [3.63, 3.8) is 0 Å². The zero-order chi connectivity index (χ0) is 13.0. The third-order valence-corrected chi connectivity index (χ3v) is 2.78. The number of methoxy groups -OCH3 is 1. The molecule has 0 radical (unpaired) electrons. The molecule has 1 N–H and O–H groups in total. The van der Waals surface area contributed by atoms with Gasteiger partial charge in [-0.3, -0.25) is 4.79 Å². The lowest BCUT2D eigenvalue weighted by Gasteiger charge is -2.10. The number of hydrogen-bond acceptors (Lipinski definition) is 4. The van der Waals surface area contributed by atoms with E-state index >= 15 is 0 Å². The van der Waals surface area contributed by atoms with Gasteiger partial charge in [0, 0.05) is 6.42 Å². The van der Waals surface area contributed by atoms with Gasteiger partial charge in [-0.05, 0) is 17.7 Å². The average molecular weight is 252 g/mol. The third-order valence-electron chi connectivity index (χ3n) is 2.78. The standard InChI is InChI=1S/C13H16O5/c1-16-10-4-2-9(3-5-10)6-13-17-8-11(18-13)7-12(14)15/h2-5,11,13H,6-8H2,1H3,(H,14,15). The van der Waals surface area contributed by atoms with Crippen LogP contribution in [0.15, 0.2) is 24.3 Å². The van der Waals surface area contributed by atoms with Crippen molar-refractivity contribution < 1.29 is 24.1 Å². The Bertz CT molecular complexity index is 400. The maximum atomic E-state index is 10.5. The first-order chi connectivity index (χ1) is 8.67. The smallest absolute Gasteiger partial charge is 0.306 e. The lowest BCUT2D eigenvalue weighted by Crippen LogP contribution is -2.17. The predicted molar refractivity (Wildman–Crippen MR) is 63.6 cm³/mol. The second-order valence-electron chi connectivity index (χ2n) is 4.17. The topological polar surface area (TPSA) is 65.0 Å². The number of hydrogen-bond donors (Lipinski definition) is 1. The Morgan fingerprint density at radius 2 is 2.17 bits per heavy atom. The molecule has 0 amide bonds. The Kier molecular flexibility index (Phi) is 4.17. The summed E-state index contributed by atoms with van der Waals surface area (Å²) in [6.07, 6.45) is -0.104. The van der Waals surface area contributed by atoms with E-state index < -0.39 is 5.97 Å². The number of rotatable bonds is 5. The van der Waals surface area contributed by atoms with E-state index in [1.807, 2.05) is 24.3 Å². The minimum atomic E-state index is -0.867. The van der Waals surface area contributed by atoms with Crippen LogP contribution < -0.4 is 4.74 Å². The quantitative estimate of drug-likeness (QED) is 0.859. The van der Waals surface area contributed by atoms with Crippen LogP contribution in [0.4, 0.5) is 0 Å². The Morgan fingerprint density at radius 3 is 2.78 bits per heavy atom. The van der Waals surface area contributed by atoms with E-state index in [4.69, 9.17) is 19.3 Å². The molecule has 1 saturated heterocycles. The molecule has 0 saturated carbocycles. The summed E-state index contributed by atoms with van der Waals surface area (Å²) in [5, 5.41) is 8.66. The summed E-state index contributed by atoms with van der Waals surface area (Å²) in [4.78, 5) is 10.5. The van der Waals surface area contributed by atoms with Crippen molar-refractivity contribution in [3.05, 3.63) is 29.8 Å². The van der Waals surface area contributed by atoms with Gasteiger partial charge in [-0.2, -0.15) is 0 Å². The molecule has 2 rings (SSSR count). The van der Waals surface area contributed by atoms with Crippen LogP contribution in [0.1, 0.15) is 12.0 Å². The van der Waals surface area contributed by atoms with Crippen molar-refractivity contribution in [2.45, 2.75) is 25.2 Å². The van der Waals surface area contributed by atoms with Crippen LogP contribution in [-0.2, 0) is 20.7 Å². The van der Waals surface area contributed by atoms with Crippen LogP contribution in [0.2, 0.25) is 0 Å². The Hall–Kier alpha value is -1.59. The third kappa shape index (κ3) is 3.45. The van der Waals surface area contributed by atoms with Crippen LogP contribution >= 0.6 is 0 Å². The highest BCUT2D eigenvalue weighted by Crippen LogP contribution is 2.19. The first-order valence-corrected chi connectivity index (χ1v) is 5.79. The van der Waals surface area contributed by atoms with Crippen molar-refractivity contribution in [1.29, 1.82) is 0 Å². The first kappa shape index (κ1) is 12.9. The summed E-state index contributed by atoms with van der Waals surface area (Å²) in [5.41, 5.74) is 1.07. The summed E-state index contributed by atoms with van der Waals surface area (Å²) in [7, 11) is 1.62. The number of carboxylic acids is 1. The van der Waals surface area contributed by atoms with Crippen LogP contribution in [0.5, 0.6) is 5.75 Å². The molecule has 1 fully saturated rings. The highest BCUT2D eigenvalue weighted by molar-refractivity contribution is 5.67. The van der Waals surface area contributed by atoms with Crippen molar-refractivity contribution in [3.8, 4) is 5.75 Å². The maximum Gasteiger partial charge on any atom is 0.306 e. The van der Waals surface area contributed by atoms with Crippen LogP contribution in [-0.4, -0.2) is 37.2 Å². The molecule has 1 aliphatic rings. The lowest BCUT2D eigenvalue weighted by atomic mass is 10.1. The molecular weight excluding hydrogens is 236 g/mol. The molecule has 0 aromatic heterocycles. The summed E-state index contributed by atoms with van der Waals surface area (Å²) in [6.45, 7) is 0.340. The maximum absolute atomic E-state index is 10.5. The van der Waals surface area contributed by atoms with Crippen molar-refractivity contribution in [2.75, 3.05) is 13.7 Å². The Balaban J connectivity index is 1.85. The Labute approximate surface area is 105 Å². The number of benzene rings is 1. The highest BCUT2D eigenvalue weighted by atomic mass is 16.7. The summed E-state index contributed by atoms with van der Waals surface area (Å²) < 4.78 is 16.0. The van der Waals surface area contributed by atoms with E-state index in [-0.39, 0.29) is 18.8 Å². The SMILES string of the molecule is COc1ccc(CC2OCC(CC(=O)O)O2)cc1. The highest BCUT2D eigenvalue weighted by Gasteiger charge is 2.27. The Morgan fingerprint density at radius 1 is 1.44 bits per heavy atom. The number of carboxylic acid groups (broad SMARTS) is 1. The largest absolute Gasteiger partial charge is 0.497 e. The molecule has 1 aromatic rings. The molecule has 5 heteroatoms. The predicted octanol–water partition coefficient (Wildman–Crippen LogP) is 1.45. The fourth-order valence-corrected chi connectivity index (χ4v) is 1.87. The summed E-state index contributed by atoms with van der Waals surface area (Å²) in [6, 6.07) is 7.63. The lowest BCUT2D eigenvalue weighted by molar-refractivity contribution is -0.140. The van der Waals surface area contributed by atoms with Crippen LogP contribution in [0.3, 0.4) is 0 Å². The molecule has 18 heavy (non-hydrogen) atoms. The number of aliphatic carboxylic acids is 1. The molecule has 1 aromatic carbocycles. The average Bonchev–Trinajstić information content (AvgIpc) is 2.76. The second-order valence-corrected chi connectivity index (χ2v) is 4.17. The fraction of sp³-hybridized carbons (Fsp3) is 0.462. The van der Waals surface area contributed by atoms with Crippen LogP contribution in [0.25, 0.3) is 0 Å². The number of ether oxygens (including phenoxy) is 3. The molecule has 2 atom stereocenters. The fourth-order valence-electron chi connectivity index (χ4n) is 1.87. The first-order valence-electron chi connectivity index (χ1n) is 5.79. The molecule has 5 nitrogen and oxygen atoms in total. The van der Waals surface area contributed by atoms with Gasteiger partial charge in [0.05, 0.1) is 26.2 Å². The molecule has 2 unspecified atom stereocenters. The molecule has 1 aliphatic heterocycles. The van der Waals surface area contributed by atoms with E-state index in [2.05, 4.69) is 0 Å².